The number of rotatable bonds is 3. The molecule has 2 saturated carbocycles. The van der Waals surface area contributed by atoms with Crippen molar-refractivity contribution in [3.8, 4) is 0 Å². The predicted octanol–water partition coefficient (Wildman–Crippen LogP) is 3.34. The van der Waals surface area contributed by atoms with Crippen molar-refractivity contribution in [2.75, 3.05) is 0 Å². The van der Waals surface area contributed by atoms with Crippen LogP contribution < -0.4 is 0 Å². The van der Waals surface area contributed by atoms with Gasteiger partial charge in [0.15, 0.2) is 0 Å². The van der Waals surface area contributed by atoms with Crippen molar-refractivity contribution in [3.63, 3.8) is 0 Å². The normalized spacial score (nSPS) is 30.8. The summed E-state index contributed by atoms with van der Waals surface area (Å²) in [5, 5.41) is 0. The van der Waals surface area contributed by atoms with Gasteiger partial charge in [-0.2, -0.15) is 8.42 Å². The minimum absolute atomic E-state index is 0.0996. The number of fused-ring (bicyclic) bond motifs is 1. The van der Waals surface area contributed by atoms with E-state index in [1.807, 2.05) is 0 Å². The quantitative estimate of drug-likeness (QED) is 0.798. The Balaban J connectivity index is 1.76. The lowest BCUT2D eigenvalue weighted by Gasteiger charge is -2.33. The van der Waals surface area contributed by atoms with Gasteiger partial charge in [0.1, 0.15) is 0 Å². The third-order valence-electron chi connectivity index (χ3n) is 4.13. The molecule has 1 aromatic rings. The van der Waals surface area contributed by atoms with E-state index in [4.69, 9.17) is 4.18 Å². The molecule has 2 aliphatic carbocycles. The van der Waals surface area contributed by atoms with Crippen LogP contribution in [0.25, 0.3) is 0 Å². The number of halogens is 1. The molecule has 0 aliphatic heterocycles. The lowest BCUT2D eigenvalue weighted by atomic mass is 9.76. The van der Waals surface area contributed by atoms with E-state index >= 15 is 0 Å². The van der Waals surface area contributed by atoms with E-state index in [1.165, 1.54) is 6.42 Å². The zero-order valence-electron chi connectivity index (χ0n) is 9.88. The molecule has 0 amide bonds. The van der Waals surface area contributed by atoms with Crippen molar-refractivity contribution in [1.29, 1.82) is 0 Å². The summed E-state index contributed by atoms with van der Waals surface area (Å²) in [6, 6.07) is 6.59. The topological polar surface area (TPSA) is 43.4 Å². The van der Waals surface area contributed by atoms with Gasteiger partial charge in [-0.3, -0.25) is 4.18 Å². The minimum Gasteiger partial charge on any atom is -0.263 e. The second-order valence-corrected chi connectivity index (χ2v) is 7.61. The molecule has 0 heterocycles. The Morgan fingerprint density at radius 2 is 1.72 bits per heavy atom. The third-order valence-corrected chi connectivity index (χ3v) is 6.01. The fourth-order valence-electron chi connectivity index (χ4n) is 2.97. The fourth-order valence-corrected chi connectivity index (χ4v) is 4.38. The predicted molar refractivity (Wildman–Crippen MR) is 71.6 cm³/mol. The lowest BCUT2D eigenvalue weighted by Crippen LogP contribution is -2.31. The van der Waals surface area contributed by atoms with Crippen LogP contribution in [0.3, 0.4) is 0 Å². The number of benzene rings is 1. The zero-order valence-corrected chi connectivity index (χ0v) is 12.3. The summed E-state index contributed by atoms with van der Waals surface area (Å²) in [6.07, 6.45) is 4.25. The summed E-state index contributed by atoms with van der Waals surface area (Å²) in [5.74, 6) is 1.17. The molecule has 3 atom stereocenters. The first-order chi connectivity index (χ1) is 8.56. The third kappa shape index (κ3) is 2.24. The number of hydrogen-bond donors (Lipinski definition) is 0. The van der Waals surface area contributed by atoms with Gasteiger partial charge in [0.2, 0.25) is 0 Å². The molecule has 0 aromatic heterocycles. The molecule has 0 radical (unpaired) electrons. The first-order valence-corrected chi connectivity index (χ1v) is 8.45. The summed E-state index contributed by atoms with van der Waals surface area (Å²) >= 11 is 3.29. The van der Waals surface area contributed by atoms with E-state index in [9.17, 15) is 8.42 Å². The smallest absolute Gasteiger partial charge is 0.263 e. The van der Waals surface area contributed by atoms with Crippen LogP contribution in [0.4, 0.5) is 0 Å². The monoisotopic (exact) mass is 330 g/mol. The standard InChI is InChI=1S/C13H15BrO3S/c14-10-3-5-11(6-4-10)18(15,16)17-13-8-2-9-1-7-12(9)13/h3-6,9,12-13H,1-2,7-8H2/t9?,12?,13-/m1/s1. The molecular formula is C13H15BrO3S. The molecule has 3 rings (SSSR count). The second kappa shape index (κ2) is 4.62. The summed E-state index contributed by atoms with van der Waals surface area (Å²) in [6.45, 7) is 0. The molecule has 0 N–H and O–H groups in total. The Labute approximate surface area is 116 Å². The lowest BCUT2D eigenvalue weighted by molar-refractivity contribution is 0.0908. The van der Waals surface area contributed by atoms with E-state index in [0.717, 1.165) is 23.7 Å². The highest BCUT2D eigenvalue weighted by molar-refractivity contribution is 9.10. The van der Waals surface area contributed by atoms with Gasteiger partial charge < -0.3 is 0 Å². The molecule has 2 aliphatic rings. The van der Waals surface area contributed by atoms with E-state index < -0.39 is 10.1 Å². The van der Waals surface area contributed by atoms with Crippen molar-refractivity contribution in [2.24, 2.45) is 11.8 Å². The maximum absolute atomic E-state index is 12.1. The SMILES string of the molecule is O=S(=O)(O[C@@H]1CCC2CCC21)c1ccc(Br)cc1. The largest absolute Gasteiger partial charge is 0.297 e. The molecule has 0 bridgehead atoms. The van der Waals surface area contributed by atoms with Crippen LogP contribution in [-0.4, -0.2) is 14.5 Å². The Kier molecular flexibility index (Phi) is 3.24. The van der Waals surface area contributed by atoms with Crippen molar-refractivity contribution < 1.29 is 12.6 Å². The van der Waals surface area contributed by atoms with Gasteiger partial charge in [-0.15, -0.1) is 0 Å². The summed E-state index contributed by atoms with van der Waals surface area (Å²) in [7, 11) is -3.60. The minimum atomic E-state index is -3.60. The van der Waals surface area contributed by atoms with E-state index in [-0.39, 0.29) is 11.0 Å². The summed E-state index contributed by atoms with van der Waals surface area (Å²) in [5.41, 5.74) is 0. The summed E-state index contributed by atoms with van der Waals surface area (Å²) in [4.78, 5) is 0.244. The van der Waals surface area contributed by atoms with Crippen molar-refractivity contribution in [1.82, 2.24) is 0 Å². The molecule has 0 spiro atoms. The van der Waals surface area contributed by atoms with E-state index in [2.05, 4.69) is 15.9 Å². The molecule has 2 fully saturated rings. The van der Waals surface area contributed by atoms with Gasteiger partial charge in [-0.05, 0) is 61.8 Å². The van der Waals surface area contributed by atoms with Crippen LogP contribution in [0.2, 0.25) is 0 Å². The molecule has 5 heteroatoms. The Bertz CT molecular complexity index is 538. The fraction of sp³-hybridized carbons (Fsp3) is 0.538. The molecule has 98 valence electrons. The highest BCUT2D eigenvalue weighted by Gasteiger charge is 2.44. The van der Waals surface area contributed by atoms with Gasteiger partial charge in [0.25, 0.3) is 10.1 Å². The molecule has 0 saturated heterocycles. The maximum Gasteiger partial charge on any atom is 0.297 e. The van der Waals surface area contributed by atoms with E-state index in [1.54, 1.807) is 24.3 Å². The molecule has 2 unspecified atom stereocenters. The van der Waals surface area contributed by atoms with Crippen LogP contribution >= 0.6 is 15.9 Å². The van der Waals surface area contributed by atoms with Gasteiger partial charge in [0.05, 0.1) is 11.0 Å². The Morgan fingerprint density at radius 3 is 2.28 bits per heavy atom. The van der Waals surface area contributed by atoms with Crippen molar-refractivity contribution in [2.45, 2.75) is 36.7 Å². The molecule has 1 aromatic carbocycles. The van der Waals surface area contributed by atoms with Crippen LogP contribution in [-0.2, 0) is 14.3 Å². The van der Waals surface area contributed by atoms with Crippen LogP contribution in [0.5, 0.6) is 0 Å². The molecule has 18 heavy (non-hydrogen) atoms. The van der Waals surface area contributed by atoms with Gasteiger partial charge in [0, 0.05) is 4.47 Å². The Morgan fingerprint density at radius 1 is 1.06 bits per heavy atom. The highest BCUT2D eigenvalue weighted by Crippen LogP contribution is 2.48. The van der Waals surface area contributed by atoms with Crippen LogP contribution in [0.15, 0.2) is 33.6 Å². The average Bonchev–Trinajstić information content (AvgIpc) is 2.52. The number of hydrogen-bond acceptors (Lipinski definition) is 3. The molecular weight excluding hydrogens is 316 g/mol. The van der Waals surface area contributed by atoms with Crippen molar-refractivity contribution in [3.05, 3.63) is 28.7 Å². The van der Waals surface area contributed by atoms with Gasteiger partial charge in [-0.1, -0.05) is 15.9 Å². The van der Waals surface area contributed by atoms with E-state index in [0.29, 0.717) is 11.8 Å². The van der Waals surface area contributed by atoms with Gasteiger partial charge >= 0.3 is 0 Å². The first-order valence-electron chi connectivity index (χ1n) is 6.25. The maximum atomic E-state index is 12.1. The molecule has 3 nitrogen and oxygen atoms in total. The summed E-state index contributed by atoms with van der Waals surface area (Å²) < 4.78 is 30.6. The zero-order chi connectivity index (χ0) is 12.8. The van der Waals surface area contributed by atoms with Crippen molar-refractivity contribution >= 4 is 26.0 Å². The van der Waals surface area contributed by atoms with Crippen LogP contribution in [0.1, 0.15) is 25.7 Å². The highest BCUT2D eigenvalue weighted by atomic mass is 79.9. The second-order valence-electron chi connectivity index (χ2n) is 5.12. The average molecular weight is 331 g/mol. The Hall–Kier alpha value is -0.390. The van der Waals surface area contributed by atoms with Crippen LogP contribution in [0, 0.1) is 11.8 Å². The van der Waals surface area contributed by atoms with Gasteiger partial charge in [-0.25, -0.2) is 0 Å². The first kappa shape index (κ1) is 12.6.